The average molecular weight is 460 g/mol. The van der Waals surface area contributed by atoms with Crippen LogP contribution >= 0.6 is 0 Å². The van der Waals surface area contributed by atoms with Crippen LogP contribution in [0.1, 0.15) is 36.8 Å². The number of nitrogens with one attached hydrogen (secondary N) is 2. The van der Waals surface area contributed by atoms with Gasteiger partial charge in [-0.05, 0) is 51.0 Å². The van der Waals surface area contributed by atoms with Crippen LogP contribution in [0.3, 0.4) is 0 Å². The molecule has 34 heavy (non-hydrogen) atoms. The third-order valence-corrected chi connectivity index (χ3v) is 5.37. The number of amides is 2. The first-order chi connectivity index (χ1) is 16.3. The van der Waals surface area contributed by atoms with Crippen molar-refractivity contribution < 1.29 is 19.8 Å². The highest BCUT2D eigenvalue weighted by Crippen LogP contribution is 2.37. The van der Waals surface area contributed by atoms with Crippen LogP contribution in [0.25, 0.3) is 21.8 Å². The molecule has 0 saturated carbocycles. The fourth-order valence-electron chi connectivity index (χ4n) is 3.62. The van der Waals surface area contributed by atoms with Gasteiger partial charge >= 0.3 is 0 Å². The molecule has 0 unspecified atom stereocenters. The van der Waals surface area contributed by atoms with Crippen molar-refractivity contribution in [1.29, 1.82) is 0 Å². The average Bonchev–Trinajstić information content (AvgIpc) is 3.28. The second-order valence-corrected chi connectivity index (χ2v) is 8.14. The fraction of sp³-hybridized carbons (Fsp3) is 0.250. The molecule has 0 atom stereocenters. The van der Waals surface area contributed by atoms with E-state index < -0.39 is 11.8 Å². The van der Waals surface area contributed by atoms with E-state index in [1.165, 1.54) is 0 Å². The van der Waals surface area contributed by atoms with Gasteiger partial charge in [-0.25, -0.2) is 0 Å². The Bertz CT molecular complexity index is 1340. The number of H-pyrrole nitrogens is 2. The predicted octanol–water partition coefficient (Wildman–Crippen LogP) is 6.16. The summed E-state index contributed by atoms with van der Waals surface area (Å²) in [7, 11) is 0. The molecule has 0 aliphatic rings. The van der Waals surface area contributed by atoms with E-state index in [1.807, 2.05) is 50.2 Å². The van der Waals surface area contributed by atoms with Gasteiger partial charge in [0, 0.05) is 23.6 Å². The molecule has 4 aromatic rings. The Hall–Kier alpha value is -4.34. The van der Waals surface area contributed by atoms with Gasteiger partial charge in [-0.2, -0.15) is 0 Å². The summed E-state index contributed by atoms with van der Waals surface area (Å²) in [4.78, 5) is 29.7. The number of aromatic nitrogens is 2. The number of carbonyl (C=O) groups excluding carboxylic acids is 2. The summed E-state index contributed by atoms with van der Waals surface area (Å²) < 4.78 is 0. The Balaban J connectivity index is 1.28. The number of benzene rings is 2. The number of aromatic hydroxyl groups is 2. The van der Waals surface area contributed by atoms with Gasteiger partial charge < -0.3 is 20.2 Å². The van der Waals surface area contributed by atoms with Gasteiger partial charge in [0.2, 0.25) is 11.8 Å². The van der Waals surface area contributed by atoms with Crippen LogP contribution in [0.4, 0.5) is 11.4 Å². The van der Waals surface area contributed by atoms with Crippen molar-refractivity contribution >= 4 is 45.0 Å². The highest BCUT2D eigenvalue weighted by Gasteiger charge is 2.12. The number of azo groups is 2. The van der Waals surface area contributed by atoms with Crippen molar-refractivity contribution in [3.05, 3.63) is 47.5 Å². The van der Waals surface area contributed by atoms with Crippen LogP contribution in [-0.4, -0.2) is 32.0 Å². The maximum absolute atomic E-state index is 12.1. The lowest BCUT2D eigenvalue weighted by Gasteiger charge is -1.96. The second-order valence-electron chi connectivity index (χ2n) is 8.14. The molecule has 2 aromatic heterocycles. The molecule has 0 aliphatic heterocycles. The monoisotopic (exact) mass is 460 g/mol. The molecule has 4 N–H and O–H groups in total. The van der Waals surface area contributed by atoms with Gasteiger partial charge in [0.05, 0.1) is 11.0 Å². The number of hydrogen-bond acceptors (Lipinski definition) is 6. The summed E-state index contributed by atoms with van der Waals surface area (Å²) >= 11 is 0. The first-order valence-corrected chi connectivity index (χ1v) is 10.8. The van der Waals surface area contributed by atoms with Crippen molar-refractivity contribution in [2.75, 3.05) is 0 Å². The van der Waals surface area contributed by atoms with Crippen LogP contribution in [0.5, 0.6) is 11.8 Å². The molecule has 0 spiro atoms. The van der Waals surface area contributed by atoms with Gasteiger partial charge in [-0.1, -0.05) is 23.3 Å². The maximum Gasteiger partial charge on any atom is 0.264 e. The topological polar surface area (TPSA) is 156 Å². The van der Waals surface area contributed by atoms with Gasteiger partial charge in [-0.3, -0.25) is 9.59 Å². The summed E-state index contributed by atoms with van der Waals surface area (Å²) in [5, 5.41) is 36.6. The summed E-state index contributed by atoms with van der Waals surface area (Å²) in [6.07, 6.45) is 1.07. The largest absolute Gasteiger partial charge is 0.493 e. The minimum Gasteiger partial charge on any atom is -0.493 e. The molecule has 2 heterocycles. The van der Waals surface area contributed by atoms with Crippen LogP contribution < -0.4 is 0 Å². The first kappa shape index (κ1) is 22.8. The highest BCUT2D eigenvalue weighted by molar-refractivity contribution is 5.95. The minimum atomic E-state index is -0.449. The van der Waals surface area contributed by atoms with Crippen LogP contribution in [-0.2, 0) is 9.59 Å². The number of hydrogen-bond donors (Lipinski definition) is 4. The van der Waals surface area contributed by atoms with Crippen molar-refractivity contribution in [1.82, 2.24) is 9.97 Å². The van der Waals surface area contributed by atoms with Gasteiger partial charge in [-0.15, -0.1) is 20.5 Å². The Morgan fingerprint density at radius 1 is 0.735 bits per heavy atom. The zero-order valence-corrected chi connectivity index (χ0v) is 18.8. The summed E-state index contributed by atoms with van der Waals surface area (Å²) in [6.45, 7) is 3.83. The minimum absolute atomic E-state index is 0.110. The molecule has 0 radical (unpaired) electrons. The standard InChI is InChI=1S/C24H24N6O4/c1-13-7-9-17-15(11-13)21(23(33)25-17)29-27-19(31)5-3-4-6-20(32)28-30-22-16-12-14(2)8-10-18(16)26-24(22)34/h7-12,25-26,33-34H,3-6H2,1-2H3. The van der Waals surface area contributed by atoms with Gasteiger partial charge in [0.15, 0.2) is 11.4 Å². The van der Waals surface area contributed by atoms with Crippen molar-refractivity contribution in [3.8, 4) is 11.8 Å². The van der Waals surface area contributed by atoms with E-state index in [9.17, 15) is 19.8 Å². The third kappa shape index (κ3) is 5.01. The van der Waals surface area contributed by atoms with E-state index in [0.717, 1.165) is 11.1 Å². The van der Waals surface area contributed by atoms with Crippen LogP contribution in [0.15, 0.2) is 56.9 Å². The van der Waals surface area contributed by atoms with Crippen molar-refractivity contribution in [2.45, 2.75) is 39.5 Å². The number of carbonyl (C=O) groups is 2. The van der Waals surface area contributed by atoms with Gasteiger partial charge in [0.25, 0.3) is 11.8 Å². The SMILES string of the molecule is Cc1ccc2[nH]c(O)c(N=NC(=O)CCCCC(=O)N=Nc3c(O)[nH]c4ccc(C)cc34)c2c1. The Morgan fingerprint density at radius 2 is 1.15 bits per heavy atom. The van der Waals surface area contributed by atoms with E-state index in [-0.39, 0.29) is 36.0 Å². The number of unbranched alkanes of at least 4 members (excludes halogenated alkanes) is 1. The third-order valence-electron chi connectivity index (χ3n) is 5.37. The van der Waals surface area contributed by atoms with Crippen LogP contribution in [0.2, 0.25) is 0 Å². The van der Waals surface area contributed by atoms with Crippen molar-refractivity contribution in [3.63, 3.8) is 0 Å². The molecule has 10 heteroatoms. The maximum atomic E-state index is 12.1. The number of nitrogens with zero attached hydrogens (tertiary/aromatic N) is 4. The first-order valence-electron chi connectivity index (χ1n) is 10.8. The zero-order valence-electron chi connectivity index (χ0n) is 18.8. The quantitative estimate of drug-likeness (QED) is 0.192. The molecule has 0 bridgehead atoms. The number of aromatic amines is 2. The number of rotatable bonds is 7. The molecule has 2 amide bonds. The van der Waals surface area contributed by atoms with E-state index in [2.05, 4.69) is 30.4 Å². The van der Waals surface area contributed by atoms with E-state index in [4.69, 9.17) is 0 Å². The Labute approximate surface area is 194 Å². The molecule has 0 fully saturated rings. The predicted molar refractivity (Wildman–Crippen MR) is 127 cm³/mol. The lowest BCUT2D eigenvalue weighted by molar-refractivity contribution is -0.120. The van der Waals surface area contributed by atoms with E-state index >= 15 is 0 Å². The molecular weight excluding hydrogens is 436 g/mol. The fourth-order valence-corrected chi connectivity index (χ4v) is 3.62. The molecule has 10 nitrogen and oxygen atoms in total. The number of aryl methyl sites for hydroxylation is 2. The molecule has 174 valence electrons. The highest BCUT2D eigenvalue weighted by atomic mass is 16.3. The summed E-state index contributed by atoms with van der Waals surface area (Å²) in [5.74, 6) is -1.20. The smallest absolute Gasteiger partial charge is 0.264 e. The second kappa shape index (κ2) is 9.65. The van der Waals surface area contributed by atoms with Gasteiger partial charge in [0.1, 0.15) is 0 Å². The summed E-state index contributed by atoms with van der Waals surface area (Å²) in [6, 6.07) is 11.1. The van der Waals surface area contributed by atoms with E-state index in [0.29, 0.717) is 34.6 Å². The Morgan fingerprint density at radius 3 is 1.56 bits per heavy atom. The lowest BCUT2D eigenvalue weighted by Crippen LogP contribution is -1.95. The normalized spacial score (nSPS) is 11.9. The molecule has 4 rings (SSSR count). The Kier molecular flexibility index (Phi) is 6.48. The van der Waals surface area contributed by atoms with Crippen LogP contribution in [0, 0.1) is 13.8 Å². The lowest BCUT2D eigenvalue weighted by atomic mass is 10.1. The van der Waals surface area contributed by atoms with Crippen molar-refractivity contribution in [2.24, 2.45) is 20.5 Å². The molecular formula is C24H24N6O4. The summed E-state index contributed by atoms with van der Waals surface area (Å²) in [5.41, 5.74) is 3.83. The molecule has 0 saturated heterocycles. The number of fused-ring (bicyclic) bond motifs is 2. The zero-order chi connectivity index (χ0) is 24.2. The van der Waals surface area contributed by atoms with E-state index in [1.54, 1.807) is 0 Å². The molecule has 0 aliphatic carbocycles. The molecule has 2 aromatic carbocycles.